The number of nitrogens with zero attached hydrogens (tertiary/aromatic N) is 3. The fourth-order valence-electron chi connectivity index (χ4n) is 1.67. The van der Waals surface area contributed by atoms with Gasteiger partial charge < -0.3 is 5.32 Å². The molecular weight excluding hydrogens is 403 g/mol. The van der Waals surface area contributed by atoms with Crippen LogP contribution in [0.15, 0.2) is 30.6 Å². The molecule has 1 heterocycles. The molecule has 5 nitrogen and oxygen atoms in total. The molecule has 1 amide bonds. The first kappa shape index (κ1) is 15.8. The van der Waals surface area contributed by atoms with Crippen LogP contribution in [0.1, 0.15) is 19.4 Å². The lowest BCUT2D eigenvalue weighted by Crippen LogP contribution is -2.40. The smallest absolute Gasteiger partial charge is 0.251 e. The Morgan fingerprint density at radius 2 is 2.24 bits per heavy atom. The maximum Gasteiger partial charge on any atom is 0.251 e. The van der Waals surface area contributed by atoms with Gasteiger partial charge in [0, 0.05) is 6.20 Å². The summed E-state index contributed by atoms with van der Waals surface area (Å²) in [6.07, 6.45) is 3.48. The van der Waals surface area contributed by atoms with Crippen LogP contribution in [0, 0.1) is 14.9 Å². The number of hydrogen-bond acceptors (Lipinski definition) is 3. The minimum Gasteiger partial charge on any atom is -0.323 e. The van der Waals surface area contributed by atoms with Crippen molar-refractivity contribution < 1.29 is 4.79 Å². The zero-order chi connectivity index (χ0) is 15.6. The highest BCUT2D eigenvalue weighted by Gasteiger charge is 2.31. The SMILES string of the molecule is CC(C)(C(=O)Nc1ccc(C#N)cc1Cl)n1cc(I)cn1. The second kappa shape index (κ2) is 6.03. The van der Waals surface area contributed by atoms with E-state index in [1.807, 2.05) is 6.07 Å². The lowest BCUT2D eigenvalue weighted by molar-refractivity contribution is -0.123. The predicted octanol–water partition coefficient (Wildman–Crippen LogP) is 3.39. The Hall–Kier alpha value is -1.59. The summed E-state index contributed by atoms with van der Waals surface area (Å²) in [4.78, 5) is 12.5. The third-order valence-electron chi connectivity index (χ3n) is 3.03. The van der Waals surface area contributed by atoms with Gasteiger partial charge in [-0.1, -0.05) is 11.6 Å². The zero-order valence-electron chi connectivity index (χ0n) is 11.4. The average molecular weight is 415 g/mol. The molecule has 0 aliphatic heterocycles. The molecule has 1 aromatic carbocycles. The summed E-state index contributed by atoms with van der Waals surface area (Å²) in [7, 11) is 0. The summed E-state index contributed by atoms with van der Waals surface area (Å²) in [5.41, 5.74) is 0.0511. The molecule has 0 aliphatic carbocycles. The van der Waals surface area contributed by atoms with E-state index in [1.165, 1.54) is 6.07 Å². The van der Waals surface area contributed by atoms with Crippen LogP contribution in [0.4, 0.5) is 5.69 Å². The van der Waals surface area contributed by atoms with Gasteiger partial charge in [0.2, 0.25) is 0 Å². The number of rotatable bonds is 3. The fraction of sp³-hybridized carbons (Fsp3) is 0.214. The van der Waals surface area contributed by atoms with Gasteiger partial charge in [0.1, 0.15) is 5.54 Å². The van der Waals surface area contributed by atoms with Crippen LogP contribution in [0.5, 0.6) is 0 Å². The fourth-order valence-corrected chi connectivity index (χ4v) is 2.29. The highest BCUT2D eigenvalue weighted by molar-refractivity contribution is 14.1. The Morgan fingerprint density at radius 1 is 1.52 bits per heavy atom. The molecule has 0 radical (unpaired) electrons. The number of nitrogens with one attached hydrogen (secondary N) is 1. The molecule has 0 spiro atoms. The Balaban J connectivity index is 2.23. The number of halogens is 2. The number of anilines is 1. The van der Waals surface area contributed by atoms with E-state index in [0.29, 0.717) is 16.3 Å². The number of nitriles is 1. The number of amides is 1. The average Bonchev–Trinajstić information content (AvgIpc) is 2.88. The summed E-state index contributed by atoms with van der Waals surface area (Å²) in [5, 5.41) is 16.1. The number of hydrogen-bond donors (Lipinski definition) is 1. The maximum atomic E-state index is 12.5. The van der Waals surface area contributed by atoms with E-state index >= 15 is 0 Å². The molecular formula is C14H12ClIN4O. The first-order valence-electron chi connectivity index (χ1n) is 6.06. The van der Waals surface area contributed by atoms with Gasteiger partial charge in [-0.15, -0.1) is 0 Å². The predicted molar refractivity (Wildman–Crippen MR) is 89.1 cm³/mol. The zero-order valence-corrected chi connectivity index (χ0v) is 14.3. The largest absolute Gasteiger partial charge is 0.323 e. The van der Waals surface area contributed by atoms with Crippen LogP contribution in [-0.2, 0) is 10.3 Å². The number of carbonyl (C=O) groups excluding carboxylic acids is 1. The maximum absolute atomic E-state index is 12.5. The quantitative estimate of drug-likeness (QED) is 0.783. The Morgan fingerprint density at radius 3 is 2.76 bits per heavy atom. The van der Waals surface area contributed by atoms with Crippen LogP contribution in [-0.4, -0.2) is 15.7 Å². The standard InChI is InChI=1S/C14H12ClIN4O/c1-14(2,20-8-10(16)7-18-20)13(21)19-12-4-3-9(6-17)5-11(12)15/h3-5,7-8H,1-2H3,(H,19,21). The molecule has 1 N–H and O–H groups in total. The number of benzene rings is 1. The van der Waals surface area contributed by atoms with Crippen molar-refractivity contribution >= 4 is 45.8 Å². The Labute approximate surface area is 141 Å². The van der Waals surface area contributed by atoms with Crippen LogP contribution in [0.2, 0.25) is 5.02 Å². The molecule has 2 rings (SSSR count). The molecule has 21 heavy (non-hydrogen) atoms. The van der Waals surface area contributed by atoms with Gasteiger partial charge in [-0.05, 0) is 54.6 Å². The summed E-state index contributed by atoms with van der Waals surface area (Å²) in [6, 6.07) is 6.73. The second-order valence-electron chi connectivity index (χ2n) is 4.92. The minimum absolute atomic E-state index is 0.242. The molecule has 1 aromatic heterocycles. The molecule has 0 bridgehead atoms. The second-order valence-corrected chi connectivity index (χ2v) is 6.58. The summed E-state index contributed by atoms with van der Waals surface area (Å²) >= 11 is 8.20. The van der Waals surface area contributed by atoms with E-state index in [0.717, 1.165) is 3.57 Å². The van der Waals surface area contributed by atoms with Gasteiger partial charge in [0.15, 0.2) is 0 Å². The topological polar surface area (TPSA) is 70.7 Å². The van der Waals surface area contributed by atoms with Crippen molar-refractivity contribution in [3.05, 3.63) is 44.7 Å². The van der Waals surface area contributed by atoms with E-state index in [4.69, 9.17) is 16.9 Å². The molecule has 7 heteroatoms. The third kappa shape index (κ3) is 3.36. The summed E-state index contributed by atoms with van der Waals surface area (Å²) in [6.45, 7) is 3.53. The first-order chi connectivity index (χ1) is 9.84. The minimum atomic E-state index is -0.860. The highest BCUT2D eigenvalue weighted by Crippen LogP contribution is 2.25. The van der Waals surface area contributed by atoms with Crippen molar-refractivity contribution in [3.63, 3.8) is 0 Å². The van der Waals surface area contributed by atoms with Gasteiger partial charge in [-0.2, -0.15) is 10.4 Å². The van der Waals surface area contributed by atoms with Crippen molar-refractivity contribution in [2.45, 2.75) is 19.4 Å². The van der Waals surface area contributed by atoms with Crippen LogP contribution in [0.25, 0.3) is 0 Å². The van der Waals surface area contributed by atoms with E-state index < -0.39 is 5.54 Å². The van der Waals surface area contributed by atoms with E-state index in [-0.39, 0.29) is 5.91 Å². The van der Waals surface area contributed by atoms with Gasteiger partial charge in [-0.25, -0.2) is 0 Å². The van der Waals surface area contributed by atoms with Crippen molar-refractivity contribution in [3.8, 4) is 6.07 Å². The monoisotopic (exact) mass is 414 g/mol. The molecule has 0 aliphatic rings. The summed E-state index contributed by atoms with van der Waals surface area (Å²) in [5.74, 6) is -0.242. The third-order valence-corrected chi connectivity index (χ3v) is 3.90. The number of aromatic nitrogens is 2. The van der Waals surface area contributed by atoms with Gasteiger partial charge >= 0.3 is 0 Å². The molecule has 0 saturated carbocycles. The van der Waals surface area contributed by atoms with Crippen molar-refractivity contribution in [1.82, 2.24) is 9.78 Å². The van der Waals surface area contributed by atoms with E-state index in [9.17, 15) is 4.79 Å². The molecule has 2 aromatic rings. The normalized spacial score (nSPS) is 11.0. The first-order valence-corrected chi connectivity index (χ1v) is 7.52. The molecule has 0 unspecified atom stereocenters. The molecule has 108 valence electrons. The van der Waals surface area contributed by atoms with Gasteiger partial charge in [0.05, 0.1) is 32.1 Å². The van der Waals surface area contributed by atoms with Crippen LogP contribution in [0.3, 0.4) is 0 Å². The van der Waals surface area contributed by atoms with Crippen LogP contribution < -0.4 is 5.32 Å². The number of carbonyl (C=O) groups is 1. The van der Waals surface area contributed by atoms with E-state index in [1.54, 1.807) is 43.1 Å². The molecule has 0 atom stereocenters. The highest BCUT2D eigenvalue weighted by atomic mass is 127. The van der Waals surface area contributed by atoms with E-state index in [2.05, 4.69) is 33.0 Å². The Bertz CT molecular complexity index is 733. The van der Waals surface area contributed by atoms with Gasteiger partial charge in [-0.3, -0.25) is 9.48 Å². The molecule has 0 fully saturated rings. The summed E-state index contributed by atoms with van der Waals surface area (Å²) < 4.78 is 2.55. The van der Waals surface area contributed by atoms with Crippen molar-refractivity contribution in [2.75, 3.05) is 5.32 Å². The van der Waals surface area contributed by atoms with Crippen molar-refractivity contribution in [1.29, 1.82) is 5.26 Å². The van der Waals surface area contributed by atoms with Crippen LogP contribution >= 0.6 is 34.2 Å². The lowest BCUT2D eigenvalue weighted by Gasteiger charge is -2.24. The van der Waals surface area contributed by atoms with Gasteiger partial charge in [0.25, 0.3) is 5.91 Å². The Kier molecular flexibility index (Phi) is 4.54. The molecule has 0 saturated heterocycles. The van der Waals surface area contributed by atoms with Crippen molar-refractivity contribution in [2.24, 2.45) is 0 Å². The lowest BCUT2D eigenvalue weighted by atomic mass is 10.0.